The van der Waals surface area contributed by atoms with E-state index in [-0.39, 0.29) is 17.9 Å². The van der Waals surface area contributed by atoms with E-state index in [1.165, 1.54) is 0 Å². The van der Waals surface area contributed by atoms with Crippen LogP contribution in [0.5, 0.6) is 0 Å². The summed E-state index contributed by atoms with van der Waals surface area (Å²) in [4.78, 5) is 0. The van der Waals surface area contributed by atoms with Gasteiger partial charge in [0.1, 0.15) is 0 Å². The van der Waals surface area contributed by atoms with E-state index in [1.807, 2.05) is 7.05 Å². The quantitative estimate of drug-likeness (QED) is 0.674. The molecule has 2 atom stereocenters. The predicted octanol–water partition coefficient (Wildman–Crippen LogP) is -0.115. The third-order valence-electron chi connectivity index (χ3n) is 2.79. The van der Waals surface area contributed by atoms with Gasteiger partial charge < -0.3 is 15.2 Å². The molecular weight excluding hydrogens is 214 g/mol. The van der Waals surface area contributed by atoms with Crippen LogP contribution in [0.3, 0.4) is 0 Å². The SMILES string of the molecule is CNC(CCO)CS(=O)C1CCOCC1. The molecule has 15 heavy (non-hydrogen) atoms. The third kappa shape index (κ3) is 4.59. The van der Waals surface area contributed by atoms with Crippen molar-refractivity contribution in [3.63, 3.8) is 0 Å². The Hall–Kier alpha value is 0.0300. The molecule has 0 bridgehead atoms. The molecule has 0 aromatic heterocycles. The van der Waals surface area contributed by atoms with Crippen LogP contribution in [0.2, 0.25) is 0 Å². The Morgan fingerprint density at radius 1 is 1.53 bits per heavy atom. The molecule has 2 unspecified atom stereocenters. The van der Waals surface area contributed by atoms with Crippen molar-refractivity contribution in [2.75, 3.05) is 32.6 Å². The second kappa shape index (κ2) is 7.33. The van der Waals surface area contributed by atoms with E-state index in [1.54, 1.807) is 0 Å². The Morgan fingerprint density at radius 3 is 2.73 bits per heavy atom. The molecule has 0 aromatic rings. The first-order valence-corrected chi connectivity index (χ1v) is 6.89. The van der Waals surface area contributed by atoms with Crippen LogP contribution in [-0.4, -0.2) is 53.2 Å². The van der Waals surface area contributed by atoms with Gasteiger partial charge in [-0.05, 0) is 26.3 Å². The van der Waals surface area contributed by atoms with Gasteiger partial charge in [-0.25, -0.2) is 0 Å². The van der Waals surface area contributed by atoms with E-state index in [0.29, 0.717) is 12.2 Å². The van der Waals surface area contributed by atoms with Crippen LogP contribution < -0.4 is 5.32 Å². The fraction of sp³-hybridized carbons (Fsp3) is 1.00. The maximum absolute atomic E-state index is 12.0. The van der Waals surface area contributed by atoms with E-state index in [2.05, 4.69) is 5.32 Å². The number of ether oxygens (including phenoxy) is 1. The molecule has 1 aliphatic rings. The normalized spacial score (nSPS) is 22.5. The number of nitrogens with one attached hydrogen (secondary N) is 1. The first-order valence-electron chi connectivity index (χ1n) is 5.51. The van der Waals surface area contributed by atoms with Crippen LogP contribution in [0.25, 0.3) is 0 Å². The van der Waals surface area contributed by atoms with E-state index in [4.69, 9.17) is 9.84 Å². The average Bonchev–Trinajstić information content (AvgIpc) is 2.29. The average molecular weight is 235 g/mol. The lowest BCUT2D eigenvalue weighted by atomic mass is 10.2. The molecule has 0 amide bonds. The molecule has 0 saturated carbocycles. The molecule has 1 fully saturated rings. The zero-order chi connectivity index (χ0) is 11.1. The van der Waals surface area contributed by atoms with Crippen molar-refractivity contribution in [3.05, 3.63) is 0 Å². The molecule has 1 heterocycles. The van der Waals surface area contributed by atoms with Gasteiger partial charge in [0, 0.05) is 47.7 Å². The van der Waals surface area contributed by atoms with Gasteiger partial charge in [0.05, 0.1) is 0 Å². The summed E-state index contributed by atoms with van der Waals surface area (Å²) in [5.41, 5.74) is 0. The molecule has 2 N–H and O–H groups in total. The molecule has 5 heteroatoms. The number of hydrogen-bond acceptors (Lipinski definition) is 4. The highest BCUT2D eigenvalue weighted by Gasteiger charge is 2.22. The van der Waals surface area contributed by atoms with Gasteiger partial charge >= 0.3 is 0 Å². The lowest BCUT2D eigenvalue weighted by Gasteiger charge is -2.23. The molecule has 0 aromatic carbocycles. The minimum absolute atomic E-state index is 0.149. The van der Waals surface area contributed by atoms with Crippen molar-refractivity contribution in [2.45, 2.75) is 30.6 Å². The van der Waals surface area contributed by atoms with Crippen LogP contribution in [0.4, 0.5) is 0 Å². The Labute approximate surface area is 93.8 Å². The topological polar surface area (TPSA) is 58.6 Å². The smallest absolute Gasteiger partial charge is 0.0477 e. The molecule has 90 valence electrons. The van der Waals surface area contributed by atoms with Crippen LogP contribution in [0.15, 0.2) is 0 Å². The van der Waals surface area contributed by atoms with Crippen molar-refractivity contribution < 1.29 is 14.1 Å². The summed E-state index contributed by atoms with van der Waals surface area (Å²) in [6, 6.07) is 0.165. The highest BCUT2D eigenvalue weighted by Crippen LogP contribution is 2.14. The highest BCUT2D eigenvalue weighted by atomic mass is 32.2. The van der Waals surface area contributed by atoms with Gasteiger partial charge in [0.2, 0.25) is 0 Å². The third-order valence-corrected chi connectivity index (χ3v) is 4.74. The Kier molecular flexibility index (Phi) is 6.40. The van der Waals surface area contributed by atoms with Crippen LogP contribution in [0.1, 0.15) is 19.3 Å². The van der Waals surface area contributed by atoms with Gasteiger partial charge in [0.15, 0.2) is 0 Å². The Balaban J connectivity index is 2.31. The fourth-order valence-corrected chi connectivity index (χ4v) is 3.46. The van der Waals surface area contributed by atoms with E-state index in [0.717, 1.165) is 26.1 Å². The summed E-state index contributed by atoms with van der Waals surface area (Å²) >= 11 is 0. The van der Waals surface area contributed by atoms with Crippen molar-refractivity contribution in [1.29, 1.82) is 0 Å². The number of aliphatic hydroxyl groups is 1. The number of hydrogen-bond donors (Lipinski definition) is 2. The molecule has 1 saturated heterocycles. The van der Waals surface area contributed by atoms with Crippen molar-refractivity contribution >= 4 is 10.8 Å². The largest absolute Gasteiger partial charge is 0.396 e. The minimum Gasteiger partial charge on any atom is -0.396 e. The molecule has 0 radical (unpaired) electrons. The fourth-order valence-electron chi connectivity index (χ4n) is 1.74. The zero-order valence-electron chi connectivity index (χ0n) is 9.28. The van der Waals surface area contributed by atoms with E-state index in [9.17, 15) is 4.21 Å². The molecule has 4 nitrogen and oxygen atoms in total. The van der Waals surface area contributed by atoms with Gasteiger partial charge in [-0.3, -0.25) is 4.21 Å². The first kappa shape index (κ1) is 13.1. The molecular formula is C10H21NO3S. The molecule has 1 rings (SSSR count). The van der Waals surface area contributed by atoms with Crippen LogP contribution in [0, 0.1) is 0 Å². The monoisotopic (exact) mass is 235 g/mol. The van der Waals surface area contributed by atoms with Crippen molar-refractivity contribution in [2.24, 2.45) is 0 Å². The maximum Gasteiger partial charge on any atom is 0.0477 e. The predicted molar refractivity (Wildman–Crippen MR) is 61.4 cm³/mol. The first-order chi connectivity index (χ1) is 7.27. The second-order valence-electron chi connectivity index (χ2n) is 3.86. The minimum atomic E-state index is -0.792. The van der Waals surface area contributed by atoms with Crippen molar-refractivity contribution in [1.82, 2.24) is 5.32 Å². The highest BCUT2D eigenvalue weighted by molar-refractivity contribution is 7.85. The molecule has 0 aliphatic carbocycles. The van der Waals surface area contributed by atoms with Crippen LogP contribution >= 0.6 is 0 Å². The van der Waals surface area contributed by atoms with Crippen LogP contribution in [-0.2, 0) is 15.5 Å². The number of aliphatic hydroxyl groups excluding tert-OH is 1. The Bertz CT molecular complexity index is 195. The summed E-state index contributed by atoms with van der Waals surface area (Å²) in [5, 5.41) is 12.2. The second-order valence-corrected chi connectivity index (χ2v) is 5.62. The van der Waals surface area contributed by atoms with Crippen molar-refractivity contribution in [3.8, 4) is 0 Å². The van der Waals surface area contributed by atoms with Gasteiger partial charge in [-0.2, -0.15) is 0 Å². The lowest BCUT2D eigenvalue weighted by Crippen LogP contribution is -2.36. The molecule has 1 aliphatic heterocycles. The van der Waals surface area contributed by atoms with Gasteiger partial charge in [0.25, 0.3) is 0 Å². The van der Waals surface area contributed by atoms with Gasteiger partial charge in [-0.15, -0.1) is 0 Å². The lowest BCUT2D eigenvalue weighted by molar-refractivity contribution is 0.0991. The maximum atomic E-state index is 12.0. The summed E-state index contributed by atoms with van der Waals surface area (Å²) in [6.45, 7) is 1.62. The zero-order valence-corrected chi connectivity index (χ0v) is 10.1. The summed E-state index contributed by atoms with van der Waals surface area (Å²) in [6.07, 6.45) is 2.48. The van der Waals surface area contributed by atoms with Gasteiger partial charge in [-0.1, -0.05) is 0 Å². The summed E-state index contributed by atoms with van der Waals surface area (Å²) in [5.74, 6) is 0.641. The summed E-state index contributed by atoms with van der Waals surface area (Å²) < 4.78 is 17.2. The molecule has 0 spiro atoms. The Morgan fingerprint density at radius 2 is 2.20 bits per heavy atom. The standard InChI is InChI=1S/C10H21NO3S/c1-11-9(2-5-12)8-15(13)10-3-6-14-7-4-10/h9-12H,2-8H2,1H3. The van der Waals surface area contributed by atoms with E-state index < -0.39 is 10.8 Å². The van der Waals surface area contributed by atoms with E-state index >= 15 is 0 Å². The summed E-state index contributed by atoms with van der Waals surface area (Å²) in [7, 11) is 1.06. The number of rotatable bonds is 6.